The first kappa shape index (κ1) is 17.8. The second-order valence-corrected chi connectivity index (χ2v) is 5.22. The van der Waals surface area contributed by atoms with E-state index in [0.717, 1.165) is 6.07 Å². The molecule has 3 nitrogen and oxygen atoms in total. The molecule has 1 heterocycles. The number of amides is 1. The van der Waals surface area contributed by atoms with Crippen molar-refractivity contribution in [3.05, 3.63) is 35.4 Å². The molecule has 0 radical (unpaired) electrons. The molecule has 2 rings (SSSR count). The van der Waals surface area contributed by atoms with Gasteiger partial charge in [0.15, 0.2) is 0 Å². The van der Waals surface area contributed by atoms with Crippen molar-refractivity contribution in [1.82, 2.24) is 4.90 Å². The van der Waals surface area contributed by atoms with Crippen molar-refractivity contribution in [2.24, 2.45) is 11.7 Å². The van der Waals surface area contributed by atoms with E-state index in [1.165, 1.54) is 23.1 Å². The Kier molecular flexibility index (Phi) is 5.64. The molecule has 2 unspecified atom stereocenters. The van der Waals surface area contributed by atoms with Crippen LogP contribution in [0.4, 0.5) is 13.2 Å². The van der Waals surface area contributed by atoms with E-state index < -0.39 is 17.6 Å². The van der Waals surface area contributed by atoms with Crippen molar-refractivity contribution in [1.29, 1.82) is 0 Å². The van der Waals surface area contributed by atoms with Crippen LogP contribution in [0.15, 0.2) is 24.3 Å². The summed E-state index contributed by atoms with van der Waals surface area (Å²) in [4.78, 5) is 13.8. The highest BCUT2D eigenvalue weighted by molar-refractivity contribution is 5.96. The molecular formula is C14H18ClF3N2O. The third-order valence-corrected chi connectivity index (χ3v) is 3.72. The highest BCUT2D eigenvalue weighted by atomic mass is 35.5. The van der Waals surface area contributed by atoms with Crippen molar-refractivity contribution < 1.29 is 18.0 Å². The van der Waals surface area contributed by atoms with Gasteiger partial charge in [0.1, 0.15) is 0 Å². The monoisotopic (exact) mass is 322 g/mol. The smallest absolute Gasteiger partial charge is 0.338 e. The van der Waals surface area contributed by atoms with Gasteiger partial charge in [-0.15, -0.1) is 12.4 Å². The first-order valence-corrected chi connectivity index (χ1v) is 6.51. The second-order valence-electron chi connectivity index (χ2n) is 5.22. The zero-order valence-electron chi connectivity index (χ0n) is 11.6. The molecule has 1 saturated heterocycles. The lowest BCUT2D eigenvalue weighted by molar-refractivity contribution is -0.138. The quantitative estimate of drug-likeness (QED) is 0.864. The fraction of sp³-hybridized carbons (Fsp3) is 0.500. The van der Waals surface area contributed by atoms with Crippen molar-refractivity contribution in [3.8, 4) is 0 Å². The Morgan fingerprint density at radius 2 is 1.95 bits per heavy atom. The second kappa shape index (κ2) is 6.66. The van der Waals surface area contributed by atoms with Crippen LogP contribution in [0.1, 0.15) is 29.3 Å². The zero-order valence-corrected chi connectivity index (χ0v) is 12.4. The summed E-state index contributed by atoms with van der Waals surface area (Å²) in [6, 6.07) is 4.89. The van der Waals surface area contributed by atoms with Crippen molar-refractivity contribution in [2.45, 2.75) is 25.6 Å². The SMILES string of the molecule is CC1CN(C(=O)c2ccccc2C(F)(F)F)CCC1N.Cl. The normalized spacial score (nSPS) is 22.6. The average Bonchev–Trinajstić information content (AvgIpc) is 2.40. The summed E-state index contributed by atoms with van der Waals surface area (Å²) in [5.74, 6) is -0.484. The number of nitrogens with zero attached hydrogens (tertiary/aromatic N) is 1. The van der Waals surface area contributed by atoms with Gasteiger partial charge in [0.05, 0.1) is 11.1 Å². The Morgan fingerprint density at radius 3 is 2.52 bits per heavy atom. The summed E-state index contributed by atoms with van der Waals surface area (Å²) in [5, 5.41) is 0. The van der Waals surface area contributed by atoms with Gasteiger partial charge in [-0.1, -0.05) is 19.1 Å². The van der Waals surface area contributed by atoms with Crippen LogP contribution in [0.5, 0.6) is 0 Å². The summed E-state index contributed by atoms with van der Waals surface area (Å²) >= 11 is 0. The van der Waals surface area contributed by atoms with Crippen molar-refractivity contribution in [2.75, 3.05) is 13.1 Å². The van der Waals surface area contributed by atoms with E-state index in [1.807, 2.05) is 6.92 Å². The highest BCUT2D eigenvalue weighted by Crippen LogP contribution is 2.32. The van der Waals surface area contributed by atoms with E-state index in [-0.39, 0.29) is 29.9 Å². The minimum absolute atomic E-state index is 0. The number of piperidine rings is 1. The summed E-state index contributed by atoms with van der Waals surface area (Å²) in [6.07, 6.45) is -3.91. The van der Waals surface area contributed by atoms with Crippen LogP contribution in [-0.2, 0) is 6.18 Å². The maximum absolute atomic E-state index is 12.9. The van der Waals surface area contributed by atoms with Gasteiger partial charge >= 0.3 is 6.18 Å². The summed E-state index contributed by atoms with van der Waals surface area (Å²) in [6.45, 7) is 2.70. The van der Waals surface area contributed by atoms with Gasteiger partial charge in [-0.3, -0.25) is 4.79 Å². The van der Waals surface area contributed by atoms with Crippen molar-refractivity contribution in [3.63, 3.8) is 0 Å². The lowest BCUT2D eigenvalue weighted by Crippen LogP contribution is -2.48. The van der Waals surface area contributed by atoms with Crippen LogP contribution in [-0.4, -0.2) is 29.9 Å². The Hall–Kier alpha value is -1.27. The molecule has 1 aromatic carbocycles. The lowest BCUT2D eigenvalue weighted by Gasteiger charge is -2.35. The number of nitrogens with two attached hydrogens (primary N) is 1. The van der Waals surface area contributed by atoms with Crippen LogP contribution in [0.2, 0.25) is 0 Å². The number of likely N-dealkylation sites (tertiary alicyclic amines) is 1. The van der Waals surface area contributed by atoms with Crippen LogP contribution >= 0.6 is 12.4 Å². The summed E-state index contributed by atoms with van der Waals surface area (Å²) in [7, 11) is 0. The molecule has 1 aromatic rings. The van der Waals surface area contributed by atoms with Gasteiger partial charge in [-0.25, -0.2) is 0 Å². The number of alkyl halides is 3. The van der Waals surface area contributed by atoms with Gasteiger partial charge in [0.25, 0.3) is 5.91 Å². The molecule has 118 valence electrons. The molecule has 1 aliphatic rings. The standard InChI is InChI=1S/C14H17F3N2O.ClH/c1-9-8-19(7-6-12(9)18)13(20)10-4-2-3-5-11(10)14(15,16)17;/h2-5,9,12H,6-8,18H2,1H3;1H. The van der Waals surface area contributed by atoms with Gasteiger partial charge < -0.3 is 10.6 Å². The number of hydrogen-bond donors (Lipinski definition) is 1. The number of carbonyl (C=O) groups excluding carboxylic acids is 1. The van der Waals surface area contributed by atoms with E-state index in [1.54, 1.807) is 0 Å². The topological polar surface area (TPSA) is 46.3 Å². The first-order valence-electron chi connectivity index (χ1n) is 6.51. The summed E-state index contributed by atoms with van der Waals surface area (Å²) in [5.41, 5.74) is 4.69. The van der Waals surface area contributed by atoms with Gasteiger partial charge in [-0.2, -0.15) is 13.2 Å². The number of hydrogen-bond acceptors (Lipinski definition) is 2. The summed E-state index contributed by atoms with van der Waals surface area (Å²) < 4.78 is 38.8. The molecule has 0 saturated carbocycles. The van der Waals surface area contributed by atoms with Crippen LogP contribution in [0.25, 0.3) is 0 Å². The number of carbonyl (C=O) groups is 1. The molecule has 2 atom stereocenters. The predicted octanol–water partition coefficient (Wildman–Crippen LogP) is 2.94. The fourth-order valence-electron chi connectivity index (χ4n) is 2.44. The Balaban J connectivity index is 0.00000220. The van der Waals surface area contributed by atoms with E-state index in [9.17, 15) is 18.0 Å². The Bertz CT molecular complexity index is 507. The Labute approximate surface area is 127 Å². The molecular weight excluding hydrogens is 305 g/mol. The molecule has 7 heteroatoms. The molecule has 0 spiro atoms. The third-order valence-electron chi connectivity index (χ3n) is 3.72. The first-order chi connectivity index (χ1) is 9.30. The minimum atomic E-state index is -4.52. The zero-order chi connectivity index (χ0) is 14.9. The van der Waals surface area contributed by atoms with Gasteiger partial charge in [0, 0.05) is 19.1 Å². The highest BCUT2D eigenvalue weighted by Gasteiger charge is 2.36. The largest absolute Gasteiger partial charge is 0.417 e. The van der Waals surface area contributed by atoms with E-state index in [4.69, 9.17) is 5.73 Å². The molecule has 21 heavy (non-hydrogen) atoms. The number of halogens is 4. The number of rotatable bonds is 1. The van der Waals surface area contributed by atoms with E-state index in [2.05, 4.69) is 0 Å². The maximum Gasteiger partial charge on any atom is 0.417 e. The van der Waals surface area contributed by atoms with Crippen LogP contribution in [0.3, 0.4) is 0 Å². The van der Waals surface area contributed by atoms with Crippen LogP contribution < -0.4 is 5.73 Å². The van der Waals surface area contributed by atoms with E-state index in [0.29, 0.717) is 19.5 Å². The molecule has 0 aromatic heterocycles. The third kappa shape index (κ3) is 3.89. The molecule has 1 aliphatic heterocycles. The predicted molar refractivity (Wildman–Crippen MR) is 76.4 cm³/mol. The molecule has 0 aliphatic carbocycles. The molecule has 1 amide bonds. The van der Waals surface area contributed by atoms with Gasteiger partial charge in [0.2, 0.25) is 0 Å². The molecule has 1 fully saturated rings. The van der Waals surface area contributed by atoms with E-state index >= 15 is 0 Å². The molecule has 0 bridgehead atoms. The Morgan fingerprint density at radius 1 is 1.33 bits per heavy atom. The van der Waals surface area contributed by atoms with Crippen LogP contribution in [0, 0.1) is 5.92 Å². The van der Waals surface area contributed by atoms with Gasteiger partial charge in [-0.05, 0) is 24.5 Å². The fourth-order valence-corrected chi connectivity index (χ4v) is 2.44. The average molecular weight is 323 g/mol. The lowest BCUT2D eigenvalue weighted by atomic mass is 9.94. The number of benzene rings is 1. The van der Waals surface area contributed by atoms with Crippen molar-refractivity contribution >= 4 is 18.3 Å². The minimum Gasteiger partial charge on any atom is -0.338 e. The molecule has 2 N–H and O–H groups in total. The maximum atomic E-state index is 12.9.